The molecule has 0 radical (unpaired) electrons. The summed E-state index contributed by atoms with van der Waals surface area (Å²) in [5.41, 5.74) is 0.639. The molecular weight excluding hydrogens is 421 g/mol. The standard InChI is InChI=1S/C24H17F3N2O3/c1-2-32-18-10-3-14(4-11-18)21-22(28-16-7-5-15(25)6-8-16)24(31)29(23(21)30)17-9-12-19(26)20(27)13-17/h3-13,28H,2H2,1H3. The number of carbonyl (C=O) groups is 2. The van der Waals surface area contributed by atoms with Crippen LogP contribution in [0.1, 0.15) is 12.5 Å². The SMILES string of the molecule is CCOc1ccc(C2=C(Nc3ccc(F)cc3)C(=O)N(c3ccc(F)c(F)c3)C2=O)cc1. The van der Waals surface area contributed by atoms with E-state index in [1.807, 2.05) is 6.92 Å². The van der Waals surface area contributed by atoms with Crippen LogP contribution in [0.5, 0.6) is 5.75 Å². The van der Waals surface area contributed by atoms with E-state index in [1.165, 1.54) is 24.3 Å². The summed E-state index contributed by atoms with van der Waals surface area (Å²) in [6.45, 7) is 2.29. The lowest BCUT2D eigenvalue weighted by Gasteiger charge is -2.15. The van der Waals surface area contributed by atoms with Crippen molar-refractivity contribution in [3.63, 3.8) is 0 Å². The van der Waals surface area contributed by atoms with Crippen LogP contribution in [0.15, 0.2) is 72.4 Å². The summed E-state index contributed by atoms with van der Waals surface area (Å²) in [6, 6.07) is 14.5. The van der Waals surface area contributed by atoms with Crippen LogP contribution in [0.2, 0.25) is 0 Å². The van der Waals surface area contributed by atoms with E-state index in [0.29, 0.717) is 23.6 Å². The van der Waals surface area contributed by atoms with E-state index in [1.54, 1.807) is 24.3 Å². The molecule has 1 N–H and O–H groups in total. The van der Waals surface area contributed by atoms with Gasteiger partial charge in [-0.05, 0) is 61.0 Å². The molecule has 0 bridgehead atoms. The van der Waals surface area contributed by atoms with E-state index in [0.717, 1.165) is 23.1 Å². The van der Waals surface area contributed by atoms with Gasteiger partial charge in [-0.2, -0.15) is 0 Å². The van der Waals surface area contributed by atoms with Crippen LogP contribution in [0.4, 0.5) is 24.5 Å². The number of carbonyl (C=O) groups excluding carboxylic acids is 2. The molecule has 3 aromatic rings. The van der Waals surface area contributed by atoms with E-state index in [-0.39, 0.29) is 17.0 Å². The molecule has 0 spiro atoms. The Labute approximate surface area is 181 Å². The number of amides is 2. The minimum absolute atomic E-state index is 0.0344. The summed E-state index contributed by atoms with van der Waals surface area (Å²) in [4.78, 5) is 27.2. The smallest absolute Gasteiger partial charge is 0.282 e. The zero-order valence-electron chi connectivity index (χ0n) is 16.9. The van der Waals surface area contributed by atoms with E-state index >= 15 is 0 Å². The Morgan fingerprint density at radius 2 is 1.53 bits per heavy atom. The van der Waals surface area contributed by atoms with Crippen LogP contribution in [-0.2, 0) is 9.59 Å². The van der Waals surface area contributed by atoms with Crippen LogP contribution in [0, 0.1) is 17.5 Å². The number of ether oxygens (including phenoxy) is 1. The molecule has 162 valence electrons. The van der Waals surface area contributed by atoms with Crippen molar-refractivity contribution in [3.05, 3.63) is 95.4 Å². The predicted molar refractivity (Wildman–Crippen MR) is 113 cm³/mol. The van der Waals surface area contributed by atoms with Gasteiger partial charge in [0.1, 0.15) is 17.3 Å². The van der Waals surface area contributed by atoms with Crippen molar-refractivity contribution in [2.45, 2.75) is 6.92 Å². The molecular formula is C24H17F3N2O3. The van der Waals surface area contributed by atoms with Gasteiger partial charge in [0, 0.05) is 11.8 Å². The first-order valence-electron chi connectivity index (χ1n) is 9.73. The Morgan fingerprint density at radius 3 is 2.16 bits per heavy atom. The summed E-state index contributed by atoms with van der Waals surface area (Å²) in [6.07, 6.45) is 0. The number of halogens is 3. The van der Waals surface area contributed by atoms with Gasteiger partial charge in [-0.3, -0.25) is 9.59 Å². The Kier molecular flexibility index (Phi) is 5.68. The van der Waals surface area contributed by atoms with Crippen LogP contribution < -0.4 is 15.0 Å². The Hall–Kier alpha value is -4.07. The highest BCUT2D eigenvalue weighted by Gasteiger charge is 2.40. The third kappa shape index (κ3) is 3.94. The first-order chi connectivity index (χ1) is 15.4. The Morgan fingerprint density at radius 1 is 0.844 bits per heavy atom. The molecule has 5 nitrogen and oxygen atoms in total. The molecule has 3 aromatic carbocycles. The lowest BCUT2D eigenvalue weighted by molar-refractivity contribution is -0.120. The number of hydrogen-bond acceptors (Lipinski definition) is 4. The molecule has 1 aliphatic heterocycles. The van der Waals surface area contributed by atoms with Gasteiger partial charge in [0.15, 0.2) is 11.6 Å². The average Bonchev–Trinajstić information content (AvgIpc) is 3.02. The maximum absolute atomic E-state index is 13.8. The number of nitrogens with zero attached hydrogens (tertiary/aromatic N) is 1. The molecule has 0 unspecified atom stereocenters. The van der Waals surface area contributed by atoms with Gasteiger partial charge >= 0.3 is 0 Å². The van der Waals surface area contributed by atoms with Crippen LogP contribution in [-0.4, -0.2) is 18.4 Å². The van der Waals surface area contributed by atoms with Gasteiger partial charge in [0.2, 0.25) is 0 Å². The fraction of sp³-hybridized carbons (Fsp3) is 0.0833. The van der Waals surface area contributed by atoms with Gasteiger partial charge in [-0.1, -0.05) is 12.1 Å². The second-order valence-corrected chi connectivity index (χ2v) is 6.88. The maximum atomic E-state index is 13.8. The monoisotopic (exact) mass is 438 g/mol. The molecule has 0 aliphatic carbocycles. The number of anilines is 2. The average molecular weight is 438 g/mol. The van der Waals surface area contributed by atoms with Gasteiger partial charge in [0.25, 0.3) is 11.8 Å². The molecule has 0 saturated carbocycles. The molecule has 1 aliphatic rings. The van der Waals surface area contributed by atoms with Gasteiger partial charge in [-0.25, -0.2) is 18.1 Å². The lowest BCUT2D eigenvalue weighted by Crippen LogP contribution is -2.32. The second-order valence-electron chi connectivity index (χ2n) is 6.88. The second kappa shape index (κ2) is 8.58. The van der Waals surface area contributed by atoms with Gasteiger partial charge < -0.3 is 10.1 Å². The van der Waals surface area contributed by atoms with Crippen molar-refractivity contribution >= 4 is 28.8 Å². The topological polar surface area (TPSA) is 58.6 Å². The number of rotatable bonds is 6. The summed E-state index contributed by atoms with van der Waals surface area (Å²) < 4.78 is 45.9. The molecule has 4 rings (SSSR count). The lowest BCUT2D eigenvalue weighted by atomic mass is 10.0. The van der Waals surface area contributed by atoms with Crippen LogP contribution in [0.25, 0.3) is 5.57 Å². The minimum atomic E-state index is -1.19. The molecule has 0 saturated heterocycles. The summed E-state index contributed by atoms with van der Waals surface area (Å²) >= 11 is 0. The van der Waals surface area contributed by atoms with Crippen molar-refractivity contribution < 1.29 is 27.5 Å². The van der Waals surface area contributed by atoms with E-state index in [4.69, 9.17) is 4.74 Å². The largest absolute Gasteiger partial charge is 0.494 e. The predicted octanol–water partition coefficient (Wildman–Crippen LogP) is 4.90. The molecule has 0 aromatic heterocycles. The maximum Gasteiger partial charge on any atom is 0.282 e. The fourth-order valence-corrected chi connectivity index (χ4v) is 3.33. The van der Waals surface area contributed by atoms with Crippen molar-refractivity contribution in [1.82, 2.24) is 0 Å². The fourth-order valence-electron chi connectivity index (χ4n) is 3.33. The summed E-state index contributed by atoms with van der Waals surface area (Å²) in [5.74, 6) is -3.64. The van der Waals surface area contributed by atoms with Gasteiger partial charge in [-0.15, -0.1) is 0 Å². The van der Waals surface area contributed by atoms with Gasteiger partial charge in [0.05, 0.1) is 17.9 Å². The third-order valence-corrected chi connectivity index (χ3v) is 4.81. The van der Waals surface area contributed by atoms with Crippen molar-refractivity contribution in [3.8, 4) is 5.75 Å². The molecule has 2 amide bonds. The van der Waals surface area contributed by atoms with Crippen molar-refractivity contribution in [2.24, 2.45) is 0 Å². The minimum Gasteiger partial charge on any atom is -0.494 e. The van der Waals surface area contributed by atoms with Crippen LogP contribution in [0.3, 0.4) is 0 Å². The number of imide groups is 1. The Balaban J connectivity index is 1.79. The molecule has 8 heteroatoms. The summed E-state index contributed by atoms with van der Waals surface area (Å²) in [7, 11) is 0. The van der Waals surface area contributed by atoms with Crippen molar-refractivity contribution in [1.29, 1.82) is 0 Å². The number of nitrogens with one attached hydrogen (secondary N) is 1. The van der Waals surface area contributed by atoms with E-state index < -0.39 is 29.3 Å². The Bertz CT molecular complexity index is 1220. The highest BCUT2D eigenvalue weighted by molar-refractivity contribution is 6.46. The van der Waals surface area contributed by atoms with E-state index in [2.05, 4.69) is 5.32 Å². The third-order valence-electron chi connectivity index (χ3n) is 4.81. The highest BCUT2D eigenvalue weighted by atomic mass is 19.2. The zero-order valence-corrected chi connectivity index (χ0v) is 16.9. The van der Waals surface area contributed by atoms with E-state index in [9.17, 15) is 22.8 Å². The number of benzene rings is 3. The normalized spacial score (nSPS) is 13.7. The van der Waals surface area contributed by atoms with Crippen LogP contribution >= 0.6 is 0 Å². The summed E-state index contributed by atoms with van der Waals surface area (Å²) in [5, 5.41) is 2.86. The molecule has 0 atom stereocenters. The molecule has 1 heterocycles. The molecule has 32 heavy (non-hydrogen) atoms. The van der Waals surface area contributed by atoms with Crippen molar-refractivity contribution in [2.75, 3.05) is 16.8 Å². The first-order valence-corrected chi connectivity index (χ1v) is 9.73. The number of hydrogen-bond donors (Lipinski definition) is 1. The molecule has 0 fully saturated rings. The quantitative estimate of drug-likeness (QED) is 0.557. The zero-order chi connectivity index (χ0) is 22.8. The first kappa shape index (κ1) is 21.2. The highest BCUT2D eigenvalue weighted by Crippen LogP contribution is 2.34.